The standard InChI is InChI=1S/C48H28N2OS/c1-5-15-40-32(10-1)37-26-29(20-23-42(37)49(40)31-22-25-47-39(28-31)35-13-4-8-19-46(35)52-47)30-21-24-43-38(27-30)33-11-2-6-16-41(33)50(43)44-17-9-14-36-34-12-3-7-18-45(34)51-48(36)44/h1-28H. The molecule has 0 bridgehead atoms. The summed E-state index contributed by atoms with van der Waals surface area (Å²) in [6, 6.07) is 61.8. The fourth-order valence-electron chi connectivity index (χ4n) is 8.60. The molecular formula is C48H28N2OS. The average Bonchev–Trinajstić information content (AvgIpc) is 3.95. The second-order valence-corrected chi connectivity index (χ2v) is 14.8. The molecule has 3 nitrogen and oxygen atoms in total. The van der Waals surface area contributed by atoms with E-state index in [-0.39, 0.29) is 0 Å². The SMILES string of the molecule is c1ccc2c(c1)oc1c(-n3c4ccccc4c4cc(-c5ccc6c(c5)c5ccccc5n6-c5ccc6sc7ccccc7c6c5)ccc43)cccc12. The van der Waals surface area contributed by atoms with E-state index in [4.69, 9.17) is 4.42 Å². The highest BCUT2D eigenvalue weighted by molar-refractivity contribution is 7.25. The number of hydrogen-bond acceptors (Lipinski definition) is 2. The fourth-order valence-corrected chi connectivity index (χ4v) is 9.69. The summed E-state index contributed by atoms with van der Waals surface area (Å²) in [5.74, 6) is 0. The van der Waals surface area contributed by atoms with Gasteiger partial charge in [0, 0.05) is 58.2 Å². The largest absolute Gasteiger partial charge is 0.454 e. The number of furan rings is 1. The molecule has 0 amide bonds. The molecule has 0 aliphatic heterocycles. The maximum Gasteiger partial charge on any atom is 0.159 e. The summed E-state index contributed by atoms with van der Waals surface area (Å²) in [7, 11) is 0. The van der Waals surface area contributed by atoms with Crippen LogP contribution >= 0.6 is 11.3 Å². The Labute approximate surface area is 301 Å². The van der Waals surface area contributed by atoms with Gasteiger partial charge in [0.1, 0.15) is 5.58 Å². The van der Waals surface area contributed by atoms with Gasteiger partial charge in [0.25, 0.3) is 0 Å². The molecule has 12 aromatic rings. The molecule has 0 saturated heterocycles. The Morgan fingerprint density at radius 1 is 0.365 bits per heavy atom. The first kappa shape index (κ1) is 28.1. The maximum absolute atomic E-state index is 6.52. The monoisotopic (exact) mass is 680 g/mol. The number of rotatable bonds is 3. The molecule has 4 heterocycles. The minimum atomic E-state index is 0.906. The van der Waals surface area contributed by atoms with Crippen molar-refractivity contribution >= 4 is 97.1 Å². The molecular weight excluding hydrogens is 653 g/mol. The molecule has 242 valence electrons. The van der Waals surface area contributed by atoms with Gasteiger partial charge in [0.15, 0.2) is 5.58 Å². The Morgan fingerprint density at radius 2 is 0.942 bits per heavy atom. The summed E-state index contributed by atoms with van der Waals surface area (Å²) in [6.07, 6.45) is 0. The van der Waals surface area contributed by atoms with Gasteiger partial charge in [-0.1, -0.05) is 97.1 Å². The number of para-hydroxylation sites is 4. The van der Waals surface area contributed by atoms with Crippen molar-refractivity contribution in [1.82, 2.24) is 9.13 Å². The van der Waals surface area contributed by atoms with Crippen molar-refractivity contribution in [2.75, 3.05) is 0 Å². The number of nitrogens with zero attached hydrogens (tertiary/aromatic N) is 2. The van der Waals surface area contributed by atoms with Crippen molar-refractivity contribution < 1.29 is 4.42 Å². The van der Waals surface area contributed by atoms with Crippen LogP contribution in [0.15, 0.2) is 174 Å². The predicted molar refractivity (Wildman–Crippen MR) is 221 cm³/mol. The van der Waals surface area contributed by atoms with E-state index in [2.05, 4.69) is 173 Å². The van der Waals surface area contributed by atoms with Crippen LogP contribution in [-0.4, -0.2) is 9.13 Å². The Morgan fingerprint density at radius 3 is 1.71 bits per heavy atom. The molecule has 4 heteroatoms. The van der Waals surface area contributed by atoms with Crippen LogP contribution in [0.4, 0.5) is 0 Å². The van der Waals surface area contributed by atoms with Crippen LogP contribution in [0.5, 0.6) is 0 Å². The van der Waals surface area contributed by atoms with Gasteiger partial charge in [-0.05, 0) is 83.9 Å². The Hall–Kier alpha value is -6.62. The molecule has 0 N–H and O–H groups in total. The zero-order valence-electron chi connectivity index (χ0n) is 27.9. The third-order valence-electron chi connectivity index (χ3n) is 10.9. The number of thiophene rings is 1. The van der Waals surface area contributed by atoms with Gasteiger partial charge in [-0.15, -0.1) is 11.3 Å². The summed E-state index contributed by atoms with van der Waals surface area (Å²) < 4.78 is 14.0. The molecule has 4 aromatic heterocycles. The van der Waals surface area contributed by atoms with Crippen LogP contribution in [0.25, 0.3) is 108 Å². The second-order valence-electron chi connectivity index (χ2n) is 13.7. The van der Waals surface area contributed by atoms with Crippen LogP contribution in [0.1, 0.15) is 0 Å². The predicted octanol–water partition coefficient (Wildman–Crippen LogP) is 13.8. The Kier molecular flexibility index (Phi) is 5.65. The minimum absolute atomic E-state index is 0.906. The molecule has 52 heavy (non-hydrogen) atoms. The molecule has 0 unspecified atom stereocenters. The average molecular weight is 681 g/mol. The van der Waals surface area contributed by atoms with E-state index >= 15 is 0 Å². The van der Waals surface area contributed by atoms with E-state index in [9.17, 15) is 0 Å². The van der Waals surface area contributed by atoms with Crippen molar-refractivity contribution in [3.63, 3.8) is 0 Å². The van der Waals surface area contributed by atoms with E-state index < -0.39 is 0 Å². The highest BCUT2D eigenvalue weighted by Crippen LogP contribution is 2.41. The lowest BCUT2D eigenvalue weighted by Gasteiger charge is -2.10. The van der Waals surface area contributed by atoms with Gasteiger partial charge in [0.2, 0.25) is 0 Å². The molecule has 0 saturated carbocycles. The van der Waals surface area contributed by atoms with Gasteiger partial charge < -0.3 is 13.6 Å². The minimum Gasteiger partial charge on any atom is -0.454 e. The molecule has 0 atom stereocenters. The topological polar surface area (TPSA) is 23.0 Å². The van der Waals surface area contributed by atoms with Crippen molar-refractivity contribution in [3.8, 4) is 22.5 Å². The summed E-state index contributed by atoms with van der Waals surface area (Å²) in [5, 5.41) is 9.85. The normalized spacial score (nSPS) is 12.2. The first-order valence-electron chi connectivity index (χ1n) is 17.7. The summed E-state index contributed by atoms with van der Waals surface area (Å²) in [5.41, 5.74) is 11.2. The number of hydrogen-bond donors (Lipinski definition) is 0. The maximum atomic E-state index is 6.52. The quantitative estimate of drug-likeness (QED) is 0.182. The van der Waals surface area contributed by atoms with Crippen LogP contribution in [0.3, 0.4) is 0 Å². The van der Waals surface area contributed by atoms with E-state index in [1.165, 1.54) is 69.6 Å². The highest BCUT2D eigenvalue weighted by Gasteiger charge is 2.19. The molecule has 0 spiro atoms. The summed E-state index contributed by atoms with van der Waals surface area (Å²) in [6.45, 7) is 0. The number of benzene rings is 8. The zero-order valence-corrected chi connectivity index (χ0v) is 28.7. The first-order valence-corrected chi connectivity index (χ1v) is 18.5. The van der Waals surface area contributed by atoms with E-state index in [1.54, 1.807) is 0 Å². The summed E-state index contributed by atoms with van der Waals surface area (Å²) in [4.78, 5) is 0. The fraction of sp³-hybridized carbons (Fsp3) is 0. The van der Waals surface area contributed by atoms with Crippen molar-refractivity contribution in [2.24, 2.45) is 0 Å². The zero-order chi connectivity index (χ0) is 33.9. The molecule has 0 fully saturated rings. The first-order chi connectivity index (χ1) is 25.8. The molecule has 12 rings (SSSR count). The van der Waals surface area contributed by atoms with Crippen LogP contribution in [0, 0.1) is 0 Å². The van der Waals surface area contributed by atoms with Crippen LogP contribution in [0.2, 0.25) is 0 Å². The molecule has 8 aromatic carbocycles. The smallest absolute Gasteiger partial charge is 0.159 e. The van der Waals surface area contributed by atoms with Gasteiger partial charge in [0.05, 0.1) is 27.8 Å². The van der Waals surface area contributed by atoms with Crippen molar-refractivity contribution in [2.45, 2.75) is 0 Å². The lowest BCUT2D eigenvalue weighted by molar-refractivity contribution is 0.666. The van der Waals surface area contributed by atoms with Crippen LogP contribution in [-0.2, 0) is 0 Å². The van der Waals surface area contributed by atoms with Gasteiger partial charge in [-0.25, -0.2) is 0 Å². The van der Waals surface area contributed by atoms with Crippen LogP contribution < -0.4 is 0 Å². The Balaban J connectivity index is 1.05. The highest BCUT2D eigenvalue weighted by atomic mass is 32.1. The lowest BCUT2D eigenvalue weighted by Crippen LogP contribution is -1.94. The number of fused-ring (bicyclic) bond motifs is 12. The van der Waals surface area contributed by atoms with E-state index in [1.807, 2.05) is 17.4 Å². The Bertz CT molecular complexity index is 3430. The molecule has 0 radical (unpaired) electrons. The van der Waals surface area contributed by atoms with Gasteiger partial charge in [-0.2, -0.15) is 0 Å². The summed E-state index contributed by atoms with van der Waals surface area (Å²) >= 11 is 1.86. The number of aromatic nitrogens is 2. The van der Waals surface area contributed by atoms with E-state index in [0.29, 0.717) is 0 Å². The van der Waals surface area contributed by atoms with Gasteiger partial charge >= 0.3 is 0 Å². The van der Waals surface area contributed by atoms with E-state index in [0.717, 1.165) is 38.7 Å². The molecule has 0 aliphatic rings. The second kappa shape index (κ2) is 10.5. The van der Waals surface area contributed by atoms with Crippen molar-refractivity contribution in [3.05, 3.63) is 170 Å². The molecule has 0 aliphatic carbocycles. The third-order valence-corrected chi connectivity index (χ3v) is 12.1. The van der Waals surface area contributed by atoms with Crippen molar-refractivity contribution in [1.29, 1.82) is 0 Å². The van der Waals surface area contributed by atoms with Gasteiger partial charge in [-0.3, -0.25) is 0 Å². The third kappa shape index (κ3) is 3.84. The lowest BCUT2D eigenvalue weighted by atomic mass is 10.0.